The lowest BCUT2D eigenvalue weighted by molar-refractivity contribution is -0.304. The highest BCUT2D eigenvalue weighted by Crippen LogP contribution is 2.25. The van der Waals surface area contributed by atoms with Gasteiger partial charge in [0.1, 0.15) is 42.2 Å². The van der Waals surface area contributed by atoms with E-state index in [2.05, 4.69) is 22.3 Å². The Morgan fingerprint density at radius 2 is 1.26 bits per heavy atom. The lowest BCUT2D eigenvalue weighted by Gasteiger charge is -2.40. The van der Waals surface area contributed by atoms with Crippen molar-refractivity contribution in [3.63, 3.8) is 0 Å². The van der Waals surface area contributed by atoms with E-state index in [-0.39, 0.29) is 6.09 Å². The van der Waals surface area contributed by atoms with E-state index in [1.165, 1.54) is 56.0 Å². The summed E-state index contributed by atoms with van der Waals surface area (Å²) in [5.74, 6) is 0. The Balaban J connectivity index is 1.40. The van der Waals surface area contributed by atoms with E-state index in [0.29, 0.717) is 38.9 Å². The van der Waals surface area contributed by atoms with Gasteiger partial charge >= 0.3 is 11.8 Å². The highest BCUT2D eigenvalue weighted by molar-refractivity contribution is 5.68. The van der Waals surface area contributed by atoms with Crippen LogP contribution in [0.4, 0.5) is 4.79 Å². The van der Waals surface area contributed by atoms with Gasteiger partial charge < -0.3 is 49.7 Å². The van der Waals surface area contributed by atoms with E-state index in [9.17, 15) is 40.2 Å². The Bertz CT molecular complexity index is 1350. The van der Waals surface area contributed by atoms with Gasteiger partial charge in [0.2, 0.25) is 0 Å². The molecule has 0 bridgehead atoms. The van der Waals surface area contributed by atoms with Crippen molar-refractivity contribution >= 4 is 6.09 Å². The Kier molecular flexibility index (Phi) is 25.5. The molecule has 0 aromatic carbocycles. The molecule has 2 saturated heterocycles. The molecule has 17 nitrogen and oxygen atoms in total. The van der Waals surface area contributed by atoms with Crippen LogP contribution in [0.15, 0.2) is 4.79 Å². The summed E-state index contributed by atoms with van der Waals surface area (Å²) in [6.07, 6.45) is 12.1. The molecule has 3 heterocycles. The molecule has 356 valence electrons. The van der Waals surface area contributed by atoms with Crippen LogP contribution < -0.4 is 5.69 Å². The minimum atomic E-state index is -1.67. The molecule has 0 saturated carbocycles. The fraction of sp³-hybridized carbons (Fsp3) is 0.955. The molecular formula is C44H84N6O11. The van der Waals surface area contributed by atoms with Crippen LogP contribution in [-0.2, 0) is 20.8 Å². The monoisotopic (exact) mass is 873 g/mol. The normalized spacial score (nSPS) is 23.0. The minimum Gasteiger partial charge on any atom is -0.444 e. The quantitative estimate of drug-likeness (QED) is 0.0573. The molecular weight excluding hydrogens is 789 g/mol. The first kappa shape index (κ1) is 53.1. The van der Waals surface area contributed by atoms with E-state index in [1.807, 2.05) is 20.8 Å². The van der Waals surface area contributed by atoms with Crippen LogP contribution in [0.25, 0.3) is 0 Å². The number of unbranched alkanes of at least 4 members (excludes halogenated alkanes) is 18. The molecule has 2 aliphatic rings. The van der Waals surface area contributed by atoms with Gasteiger partial charge in [-0.15, -0.1) is 0 Å². The molecule has 17 heteroatoms. The number of carbonyl (C=O) groups excluding carboxylic acids is 1. The maximum absolute atomic E-state index is 13.5. The van der Waals surface area contributed by atoms with Gasteiger partial charge in [0, 0.05) is 32.7 Å². The van der Waals surface area contributed by atoms with E-state index in [4.69, 9.17) is 14.2 Å². The fourth-order valence-corrected chi connectivity index (χ4v) is 8.11. The standard InChI is InChI=1S/C44H84N6O11/c1-5-6-7-8-9-10-11-12-13-16-19-22-25-35(52)37(53)34(33-59-41-40(56)39(55)38(54)36(32-51)60-41)50-42(57)49(45-46-50)27-24-21-18-15-14-17-20-23-26-47-28-30-48(31-29-47)43(58)61-44(2,3)4/h34-41,51-56H,5-33H2,1-4H3/t34-,35+,36?,37-,38?,39?,40?,41?/m0/s1. The van der Waals surface area contributed by atoms with Crippen LogP contribution in [0, 0.1) is 0 Å². The number of rotatable bonds is 31. The Hall–Kier alpha value is -2.22. The van der Waals surface area contributed by atoms with Gasteiger partial charge in [-0.05, 0) is 57.0 Å². The van der Waals surface area contributed by atoms with Gasteiger partial charge in [0.05, 0.1) is 19.3 Å². The summed E-state index contributed by atoms with van der Waals surface area (Å²) in [7, 11) is 0. The molecule has 8 atom stereocenters. The summed E-state index contributed by atoms with van der Waals surface area (Å²) in [6.45, 7) is 11.3. The molecule has 1 aromatic heterocycles. The van der Waals surface area contributed by atoms with Gasteiger partial charge in [0.25, 0.3) is 0 Å². The lowest BCUT2D eigenvalue weighted by atomic mass is 9.98. The number of aryl methyl sites for hydroxylation is 1. The first-order chi connectivity index (χ1) is 29.3. The van der Waals surface area contributed by atoms with Crippen molar-refractivity contribution in [3.05, 3.63) is 10.5 Å². The third kappa shape index (κ3) is 19.6. The average molecular weight is 873 g/mol. The highest BCUT2D eigenvalue weighted by atomic mass is 16.7. The number of carbonyl (C=O) groups is 1. The SMILES string of the molecule is CCCCCCCCCCCCCC[C@@H](O)[C@@H](O)[C@H](COC1OC(CO)C(O)C(O)C1O)n1nnn(CCCCCCCCCCN2CCN(C(=O)OC(C)(C)C)CC2)c1=O. The van der Waals surface area contributed by atoms with Gasteiger partial charge in [-0.25, -0.2) is 9.59 Å². The number of aromatic nitrogens is 4. The van der Waals surface area contributed by atoms with Gasteiger partial charge in [-0.3, -0.25) is 4.90 Å². The predicted octanol–water partition coefficient (Wildman–Crippen LogP) is 4.28. The number of hydrogen-bond acceptors (Lipinski definition) is 14. The van der Waals surface area contributed by atoms with Crippen molar-refractivity contribution in [1.29, 1.82) is 0 Å². The molecule has 61 heavy (non-hydrogen) atoms. The maximum atomic E-state index is 13.5. The minimum absolute atomic E-state index is 0.233. The third-order valence-corrected chi connectivity index (χ3v) is 12.0. The maximum Gasteiger partial charge on any atom is 0.410 e. The van der Waals surface area contributed by atoms with E-state index >= 15 is 0 Å². The fourth-order valence-electron chi connectivity index (χ4n) is 8.11. The first-order valence-corrected chi connectivity index (χ1v) is 23.8. The molecule has 1 amide bonds. The van der Waals surface area contributed by atoms with Crippen molar-refractivity contribution in [1.82, 2.24) is 29.6 Å². The number of aliphatic hydroxyl groups is 6. The van der Waals surface area contributed by atoms with Crippen molar-refractivity contribution in [3.8, 4) is 0 Å². The topological polar surface area (TPSA) is 225 Å². The van der Waals surface area contributed by atoms with E-state index < -0.39 is 73.5 Å². The second-order valence-electron chi connectivity index (χ2n) is 18.4. The zero-order chi connectivity index (χ0) is 44.6. The lowest BCUT2D eigenvalue weighted by Crippen LogP contribution is -2.59. The summed E-state index contributed by atoms with van der Waals surface area (Å²) >= 11 is 0. The van der Waals surface area contributed by atoms with E-state index in [0.717, 1.165) is 88.5 Å². The number of nitrogens with zero attached hydrogens (tertiary/aromatic N) is 6. The van der Waals surface area contributed by atoms with Gasteiger partial charge in [-0.2, -0.15) is 9.36 Å². The molecule has 0 radical (unpaired) electrons. The molecule has 2 aliphatic heterocycles. The molecule has 2 fully saturated rings. The summed E-state index contributed by atoms with van der Waals surface area (Å²) in [5, 5.41) is 71.1. The number of amides is 1. The van der Waals surface area contributed by atoms with Crippen LogP contribution in [0.3, 0.4) is 0 Å². The number of hydrogen-bond donors (Lipinski definition) is 6. The third-order valence-electron chi connectivity index (χ3n) is 12.0. The molecule has 0 spiro atoms. The zero-order valence-electron chi connectivity index (χ0n) is 38.0. The van der Waals surface area contributed by atoms with Crippen molar-refractivity contribution in [2.75, 3.05) is 45.9 Å². The predicted molar refractivity (Wildman–Crippen MR) is 232 cm³/mol. The largest absolute Gasteiger partial charge is 0.444 e. The molecule has 0 aliphatic carbocycles. The Morgan fingerprint density at radius 1 is 0.738 bits per heavy atom. The summed E-state index contributed by atoms with van der Waals surface area (Å²) < 4.78 is 18.9. The van der Waals surface area contributed by atoms with Crippen LogP contribution in [-0.4, -0.2) is 161 Å². The number of ether oxygens (including phenoxy) is 3. The number of piperazine rings is 1. The van der Waals surface area contributed by atoms with Crippen LogP contribution >= 0.6 is 0 Å². The smallest absolute Gasteiger partial charge is 0.410 e. The van der Waals surface area contributed by atoms with Crippen LogP contribution in [0.2, 0.25) is 0 Å². The van der Waals surface area contributed by atoms with Gasteiger partial charge in [0.15, 0.2) is 6.29 Å². The Morgan fingerprint density at radius 3 is 1.80 bits per heavy atom. The highest BCUT2D eigenvalue weighted by Gasteiger charge is 2.45. The van der Waals surface area contributed by atoms with Crippen molar-refractivity contribution in [2.24, 2.45) is 0 Å². The first-order valence-electron chi connectivity index (χ1n) is 23.8. The average Bonchev–Trinajstić information content (AvgIpc) is 3.59. The molecule has 5 unspecified atom stereocenters. The zero-order valence-corrected chi connectivity index (χ0v) is 38.0. The van der Waals surface area contributed by atoms with Crippen molar-refractivity contribution < 1.29 is 49.6 Å². The second kappa shape index (κ2) is 29.3. The molecule has 1 aromatic rings. The molecule has 6 N–H and O–H groups in total. The van der Waals surface area contributed by atoms with E-state index in [1.54, 1.807) is 4.90 Å². The summed E-state index contributed by atoms with van der Waals surface area (Å²) in [6, 6.07) is -1.21. The Labute approximate surface area is 364 Å². The second-order valence-corrected chi connectivity index (χ2v) is 18.4. The summed E-state index contributed by atoms with van der Waals surface area (Å²) in [4.78, 5) is 30.1. The van der Waals surface area contributed by atoms with Crippen LogP contribution in [0.5, 0.6) is 0 Å². The number of aliphatic hydroxyl groups excluding tert-OH is 6. The van der Waals surface area contributed by atoms with Crippen molar-refractivity contribution in [2.45, 2.75) is 224 Å². The van der Waals surface area contributed by atoms with Gasteiger partial charge in [-0.1, -0.05) is 122 Å². The van der Waals surface area contributed by atoms with Crippen LogP contribution in [0.1, 0.15) is 169 Å². The molecule has 3 rings (SSSR count). The number of tetrazole rings is 1. The summed E-state index contributed by atoms with van der Waals surface area (Å²) in [5.41, 5.74) is -1.06.